The van der Waals surface area contributed by atoms with Gasteiger partial charge in [-0.25, -0.2) is 22.0 Å². The monoisotopic (exact) mass is 501 g/mol. The van der Waals surface area contributed by atoms with Gasteiger partial charge in [0.2, 0.25) is 10.0 Å². The third kappa shape index (κ3) is 5.19. The molecule has 0 aliphatic carbocycles. The van der Waals surface area contributed by atoms with Crippen molar-refractivity contribution in [1.82, 2.24) is 4.98 Å². The number of rotatable bonds is 8. The first-order chi connectivity index (χ1) is 16.7. The fourth-order valence-electron chi connectivity index (χ4n) is 3.65. The van der Waals surface area contributed by atoms with Gasteiger partial charge in [0.25, 0.3) is 0 Å². The highest BCUT2D eigenvalue weighted by molar-refractivity contribution is 7.93. The van der Waals surface area contributed by atoms with Gasteiger partial charge in [0.15, 0.2) is 11.6 Å². The Labute approximate surface area is 199 Å². The predicted molar refractivity (Wildman–Crippen MR) is 127 cm³/mol. The second-order valence-corrected chi connectivity index (χ2v) is 9.49. The van der Waals surface area contributed by atoms with Crippen LogP contribution in [0.15, 0.2) is 66.7 Å². The summed E-state index contributed by atoms with van der Waals surface area (Å²) in [4.78, 5) is 14.1. The van der Waals surface area contributed by atoms with Gasteiger partial charge in [0.1, 0.15) is 17.6 Å². The predicted octanol–water partition coefficient (Wildman–Crippen LogP) is 4.70. The van der Waals surface area contributed by atoms with Crippen molar-refractivity contribution in [3.63, 3.8) is 0 Å². The van der Waals surface area contributed by atoms with E-state index < -0.39 is 39.6 Å². The van der Waals surface area contributed by atoms with Crippen molar-refractivity contribution in [1.29, 1.82) is 0 Å². The molecule has 1 unspecified atom stereocenters. The second-order valence-electron chi connectivity index (χ2n) is 7.63. The van der Waals surface area contributed by atoms with E-state index in [4.69, 9.17) is 15.2 Å². The van der Waals surface area contributed by atoms with E-state index in [2.05, 4.69) is 9.71 Å². The molecule has 0 spiro atoms. The molecule has 0 bridgehead atoms. The van der Waals surface area contributed by atoms with E-state index in [1.807, 2.05) is 0 Å². The van der Waals surface area contributed by atoms with E-state index in [9.17, 15) is 22.0 Å². The van der Waals surface area contributed by atoms with Gasteiger partial charge in [0, 0.05) is 28.2 Å². The summed E-state index contributed by atoms with van der Waals surface area (Å²) in [6.07, 6.45) is -1.10. The van der Waals surface area contributed by atoms with Crippen LogP contribution in [0.4, 0.5) is 19.3 Å². The van der Waals surface area contributed by atoms with Gasteiger partial charge < -0.3 is 20.2 Å². The molecule has 1 amide bonds. The number of halogens is 2. The summed E-state index contributed by atoms with van der Waals surface area (Å²) in [5, 5.41) is -0.812. The maximum absolute atomic E-state index is 13.6. The second kappa shape index (κ2) is 9.63. The minimum absolute atomic E-state index is 0.112. The third-order valence-electron chi connectivity index (χ3n) is 5.35. The highest BCUT2D eigenvalue weighted by Crippen LogP contribution is 2.35. The van der Waals surface area contributed by atoms with Gasteiger partial charge in [-0.3, -0.25) is 4.72 Å². The number of carbonyl (C=O) groups is 1. The lowest BCUT2D eigenvalue weighted by Crippen LogP contribution is -2.27. The molecule has 0 aliphatic rings. The number of hydrogen-bond donors (Lipinski definition) is 3. The fraction of sp³-hybridized carbons (Fsp3) is 0.125. The lowest BCUT2D eigenvalue weighted by Gasteiger charge is -2.20. The number of hydrogen-bond acceptors (Lipinski definition) is 5. The summed E-state index contributed by atoms with van der Waals surface area (Å²) in [7, 11) is -2.78. The molecule has 1 atom stereocenters. The smallest absolute Gasteiger partial charge is 0.404 e. The average molecular weight is 502 g/mol. The van der Waals surface area contributed by atoms with Crippen molar-refractivity contribution >= 4 is 32.7 Å². The number of benzene rings is 3. The molecule has 0 saturated carbocycles. The van der Waals surface area contributed by atoms with E-state index in [0.717, 1.165) is 12.1 Å². The van der Waals surface area contributed by atoms with Gasteiger partial charge in [-0.1, -0.05) is 30.3 Å². The number of aromatic nitrogens is 1. The molecule has 0 saturated heterocycles. The van der Waals surface area contributed by atoms with Crippen LogP contribution in [0, 0.1) is 11.6 Å². The van der Waals surface area contributed by atoms with E-state index in [-0.39, 0.29) is 11.4 Å². The normalized spacial score (nSPS) is 12.3. The maximum atomic E-state index is 13.6. The first-order valence-corrected chi connectivity index (χ1v) is 11.9. The van der Waals surface area contributed by atoms with Crippen LogP contribution in [0.25, 0.3) is 22.2 Å². The Balaban J connectivity index is 1.72. The largest absolute Gasteiger partial charge is 0.495 e. The Bertz CT molecular complexity index is 1450. The van der Waals surface area contributed by atoms with Crippen LogP contribution in [0.2, 0.25) is 0 Å². The van der Waals surface area contributed by atoms with Crippen molar-refractivity contribution in [2.24, 2.45) is 5.73 Å². The van der Waals surface area contributed by atoms with Gasteiger partial charge in [0.05, 0.1) is 12.8 Å². The summed E-state index contributed by atoms with van der Waals surface area (Å²) in [6, 6.07) is 16.7. The minimum atomic E-state index is -4.16. The summed E-state index contributed by atoms with van der Waals surface area (Å²) >= 11 is 0. The molecule has 11 heteroatoms. The fourth-order valence-corrected chi connectivity index (χ4v) is 5.02. The lowest BCUT2D eigenvalue weighted by atomic mass is 10.1. The Morgan fingerprint density at radius 1 is 1.06 bits per heavy atom. The summed E-state index contributed by atoms with van der Waals surface area (Å²) in [6.45, 7) is -0.504. The molecule has 0 fully saturated rings. The van der Waals surface area contributed by atoms with Gasteiger partial charge >= 0.3 is 6.09 Å². The maximum Gasteiger partial charge on any atom is 0.404 e. The number of amides is 1. The van der Waals surface area contributed by atoms with Crippen LogP contribution < -0.4 is 15.2 Å². The first-order valence-electron chi connectivity index (χ1n) is 10.3. The molecule has 1 heterocycles. The Hall–Kier alpha value is -4.12. The minimum Gasteiger partial charge on any atom is -0.495 e. The van der Waals surface area contributed by atoms with E-state index in [1.54, 1.807) is 48.5 Å². The Kier molecular flexibility index (Phi) is 6.61. The quantitative estimate of drug-likeness (QED) is 0.323. The molecule has 182 valence electrons. The molecule has 4 aromatic rings. The number of H-pyrrole nitrogens is 1. The molecule has 8 nitrogen and oxygen atoms in total. The summed E-state index contributed by atoms with van der Waals surface area (Å²) in [5.41, 5.74) is 6.96. The van der Waals surface area contributed by atoms with Crippen LogP contribution in [0.1, 0.15) is 10.8 Å². The molecule has 0 radical (unpaired) electrons. The van der Waals surface area contributed by atoms with Crippen LogP contribution in [0.3, 0.4) is 0 Å². The van der Waals surface area contributed by atoms with Crippen molar-refractivity contribution in [3.05, 3.63) is 83.9 Å². The first kappa shape index (κ1) is 24.0. The van der Waals surface area contributed by atoms with E-state index >= 15 is 0 Å². The highest BCUT2D eigenvalue weighted by atomic mass is 32.2. The van der Waals surface area contributed by atoms with Gasteiger partial charge in [-0.05, 0) is 35.9 Å². The van der Waals surface area contributed by atoms with Crippen LogP contribution in [0.5, 0.6) is 5.75 Å². The van der Waals surface area contributed by atoms with E-state index in [1.165, 1.54) is 13.2 Å². The van der Waals surface area contributed by atoms with Crippen molar-refractivity contribution in [2.75, 3.05) is 18.4 Å². The zero-order valence-electron chi connectivity index (χ0n) is 18.4. The van der Waals surface area contributed by atoms with Crippen molar-refractivity contribution < 1.29 is 31.5 Å². The van der Waals surface area contributed by atoms with Gasteiger partial charge in [-0.15, -0.1) is 0 Å². The molecular weight excluding hydrogens is 480 g/mol. The topological polar surface area (TPSA) is 124 Å². The summed E-state index contributed by atoms with van der Waals surface area (Å²) in [5.74, 6) is -1.73. The molecule has 0 aliphatic heterocycles. The number of nitrogens with two attached hydrogens (primary N) is 1. The van der Waals surface area contributed by atoms with Gasteiger partial charge in [-0.2, -0.15) is 0 Å². The van der Waals surface area contributed by atoms with E-state index in [0.29, 0.717) is 27.7 Å². The zero-order chi connectivity index (χ0) is 25.2. The Morgan fingerprint density at radius 2 is 1.77 bits per heavy atom. The number of carbonyl (C=O) groups excluding carboxylic acids is 1. The number of nitrogens with one attached hydrogen (secondary N) is 2. The number of fused-ring (bicyclic) bond motifs is 1. The van der Waals surface area contributed by atoms with Crippen LogP contribution in [-0.2, 0) is 14.8 Å². The molecule has 1 aromatic heterocycles. The van der Waals surface area contributed by atoms with Crippen molar-refractivity contribution in [3.8, 4) is 17.0 Å². The molecule has 4 rings (SSSR count). The lowest BCUT2D eigenvalue weighted by molar-refractivity contribution is 0.156. The molecule has 3 aromatic carbocycles. The molecule has 35 heavy (non-hydrogen) atoms. The number of ether oxygens (including phenoxy) is 2. The SMILES string of the molecule is COc1ccc(-c2cc3cc(F)c(F)cc3[nH]2)cc1NS(=O)(=O)C(COC(N)=O)c1ccccc1. The number of sulfonamides is 1. The van der Waals surface area contributed by atoms with Crippen molar-refractivity contribution in [2.45, 2.75) is 5.25 Å². The summed E-state index contributed by atoms with van der Waals surface area (Å²) < 4.78 is 66.6. The average Bonchev–Trinajstić information content (AvgIpc) is 3.22. The molecular formula is C24H21F2N3O5S. The van der Waals surface area contributed by atoms with Crippen LogP contribution in [-0.4, -0.2) is 33.2 Å². The Morgan fingerprint density at radius 3 is 2.46 bits per heavy atom. The number of aromatic amines is 1. The number of anilines is 1. The zero-order valence-corrected chi connectivity index (χ0v) is 19.2. The molecule has 4 N–H and O–H groups in total. The number of methoxy groups -OCH3 is 1. The van der Waals surface area contributed by atoms with Crippen LogP contribution >= 0.6 is 0 Å². The third-order valence-corrected chi connectivity index (χ3v) is 7.01. The highest BCUT2D eigenvalue weighted by Gasteiger charge is 2.30. The number of primary amides is 1. The standard InChI is InChI=1S/C24H21F2N3O5S/c1-33-22-8-7-15(19-11-16-9-17(25)18(26)12-20(16)28-19)10-21(22)29-35(31,32)23(13-34-24(27)30)14-5-3-2-4-6-14/h2-12,23,28-29H,13H2,1H3,(H2,27,30).